The number of ether oxygens (including phenoxy) is 1. The van der Waals surface area contributed by atoms with Crippen LogP contribution in [0.2, 0.25) is 0 Å². The van der Waals surface area contributed by atoms with E-state index in [-0.39, 0.29) is 17.2 Å². The molecule has 0 aliphatic heterocycles. The van der Waals surface area contributed by atoms with E-state index in [1.54, 1.807) is 0 Å². The molecule has 18 heavy (non-hydrogen) atoms. The first-order valence-electron chi connectivity index (χ1n) is 4.82. The molecule has 0 unspecified atom stereocenters. The number of alkyl halides is 3. The zero-order valence-corrected chi connectivity index (χ0v) is 9.15. The highest BCUT2D eigenvalue weighted by molar-refractivity contribution is 5.62. The van der Waals surface area contributed by atoms with Crippen LogP contribution in [0.3, 0.4) is 0 Å². The Hall–Kier alpha value is -2.18. The number of phenolic OH excluding ortho intramolecular Hbond substituents is 1. The number of hydrogen-bond donors (Lipinski definition) is 1. The molecule has 4 nitrogen and oxygen atoms in total. The zero-order chi connectivity index (χ0) is 13.3. The number of rotatable bonds is 2. The first-order chi connectivity index (χ1) is 8.41. The summed E-state index contributed by atoms with van der Waals surface area (Å²) in [5.74, 6) is -1.29. The Labute approximate surface area is 99.6 Å². The van der Waals surface area contributed by atoms with Gasteiger partial charge in [-0.15, -0.1) is 0 Å². The lowest BCUT2D eigenvalue weighted by Gasteiger charge is -2.03. The van der Waals surface area contributed by atoms with Gasteiger partial charge in [0, 0.05) is 5.56 Å². The van der Waals surface area contributed by atoms with Gasteiger partial charge in [0.2, 0.25) is 0 Å². The molecule has 0 amide bonds. The second-order valence-electron chi connectivity index (χ2n) is 3.42. The topological polar surface area (TPSA) is 55.5 Å². The number of aromatic nitrogens is 1. The number of hydrogen-bond acceptors (Lipinski definition) is 4. The quantitative estimate of drug-likeness (QED) is 0.900. The van der Waals surface area contributed by atoms with Crippen LogP contribution in [0.25, 0.3) is 11.3 Å². The Morgan fingerprint density at radius 1 is 1.33 bits per heavy atom. The first kappa shape index (κ1) is 12.3. The first-order valence-corrected chi connectivity index (χ1v) is 4.82. The third kappa shape index (κ3) is 2.24. The van der Waals surface area contributed by atoms with Crippen LogP contribution in [-0.4, -0.2) is 17.2 Å². The normalized spacial score (nSPS) is 11.6. The van der Waals surface area contributed by atoms with Crippen LogP contribution in [0.4, 0.5) is 13.2 Å². The summed E-state index contributed by atoms with van der Waals surface area (Å²) in [5, 5.41) is 9.51. The standard InChI is InChI=1S/C11H8F3NO3/c1-17-9-3-2-6(4-8(9)16)7-5-18-10(15-7)11(12,13)14/h2-5,16H,1H3. The van der Waals surface area contributed by atoms with Gasteiger partial charge in [0.25, 0.3) is 0 Å². The third-order valence-electron chi connectivity index (χ3n) is 2.22. The average molecular weight is 259 g/mol. The summed E-state index contributed by atoms with van der Waals surface area (Å²) in [5.41, 5.74) is 0.285. The largest absolute Gasteiger partial charge is 0.504 e. The summed E-state index contributed by atoms with van der Waals surface area (Å²) in [4.78, 5) is 3.30. The van der Waals surface area contributed by atoms with E-state index < -0.39 is 12.1 Å². The van der Waals surface area contributed by atoms with Gasteiger partial charge in [0.05, 0.1) is 7.11 Å². The van der Waals surface area contributed by atoms with Crippen molar-refractivity contribution in [2.45, 2.75) is 6.18 Å². The predicted molar refractivity (Wildman–Crippen MR) is 55.2 cm³/mol. The van der Waals surface area contributed by atoms with Crippen LogP contribution in [0.15, 0.2) is 28.9 Å². The Bertz CT molecular complexity index is 563. The molecule has 0 bridgehead atoms. The van der Waals surface area contributed by atoms with Crippen molar-refractivity contribution in [1.82, 2.24) is 4.98 Å². The van der Waals surface area contributed by atoms with Crippen molar-refractivity contribution in [2.24, 2.45) is 0 Å². The molecule has 0 radical (unpaired) electrons. The van der Waals surface area contributed by atoms with Gasteiger partial charge in [-0.2, -0.15) is 13.2 Å². The third-order valence-corrected chi connectivity index (χ3v) is 2.22. The maximum absolute atomic E-state index is 12.3. The molecular weight excluding hydrogens is 251 g/mol. The lowest BCUT2D eigenvalue weighted by atomic mass is 10.1. The Balaban J connectivity index is 2.38. The SMILES string of the molecule is COc1ccc(-c2coc(C(F)(F)F)n2)cc1O. The highest BCUT2D eigenvalue weighted by Crippen LogP contribution is 2.34. The molecule has 0 saturated heterocycles. The van der Waals surface area contributed by atoms with E-state index in [2.05, 4.69) is 9.40 Å². The molecule has 2 rings (SSSR count). The number of aromatic hydroxyl groups is 1. The fourth-order valence-electron chi connectivity index (χ4n) is 1.39. The fourth-order valence-corrected chi connectivity index (χ4v) is 1.39. The minimum absolute atomic E-state index is 0.0136. The average Bonchev–Trinajstić information content (AvgIpc) is 2.77. The molecule has 0 saturated carbocycles. The summed E-state index contributed by atoms with van der Waals surface area (Å²) in [6.45, 7) is 0. The number of nitrogens with zero attached hydrogens (tertiary/aromatic N) is 1. The van der Waals surface area contributed by atoms with Crippen LogP contribution < -0.4 is 4.74 Å². The zero-order valence-electron chi connectivity index (χ0n) is 9.15. The van der Waals surface area contributed by atoms with E-state index in [0.29, 0.717) is 5.56 Å². The monoisotopic (exact) mass is 259 g/mol. The van der Waals surface area contributed by atoms with Crippen molar-refractivity contribution in [2.75, 3.05) is 7.11 Å². The lowest BCUT2D eigenvalue weighted by molar-refractivity contribution is -0.157. The van der Waals surface area contributed by atoms with E-state index in [1.165, 1.54) is 25.3 Å². The van der Waals surface area contributed by atoms with Crippen molar-refractivity contribution in [1.29, 1.82) is 0 Å². The van der Waals surface area contributed by atoms with Gasteiger partial charge in [-0.05, 0) is 18.2 Å². The molecule has 7 heteroatoms. The van der Waals surface area contributed by atoms with Crippen molar-refractivity contribution >= 4 is 0 Å². The van der Waals surface area contributed by atoms with Crippen LogP contribution in [0.5, 0.6) is 11.5 Å². The van der Waals surface area contributed by atoms with Crippen LogP contribution in [-0.2, 0) is 6.18 Å². The molecule has 0 atom stereocenters. The molecule has 0 spiro atoms. The van der Waals surface area contributed by atoms with E-state index >= 15 is 0 Å². The Kier molecular flexibility index (Phi) is 2.90. The molecule has 0 aliphatic carbocycles. The van der Waals surface area contributed by atoms with Crippen LogP contribution in [0, 0.1) is 0 Å². The van der Waals surface area contributed by atoms with Gasteiger partial charge in [-0.1, -0.05) is 0 Å². The number of oxazole rings is 1. The number of halogens is 3. The van der Waals surface area contributed by atoms with Crippen molar-refractivity contribution in [3.05, 3.63) is 30.4 Å². The number of phenols is 1. The summed E-state index contributed by atoms with van der Waals surface area (Å²) in [6.07, 6.45) is -3.75. The smallest absolute Gasteiger partial charge is 0.468 e. The predicted octanol–water partition coefficient (Wildman–Crippen LogP) is 3.07. The van der Waals surface area contributed by atoms with E-state index in [4.69, 9.17) is 4.74 Å². The molecule has 0 fully saturated rings. The van der Waals surface area contributed by atoms with Crippen LogP contribution in [0.1, 0.15) is 5.89 Å². The minimum atomic E-state index is -4.63. The Morgan fingerprint density at radius 2 is 2.06 bits per heavy atom. The Morgan fingerprint density at radius 3 is 2.56 bits per heavy atom. The molecular formula is C11H8F3NO3. The van der Waals surface area contributed by atoms with Gasteiger partial charge in [0.15, 0.2) is 11.5 Å². The van der Waals surface area contributed by atoms with Crippen molar-refractivity contribution in [3.63, 3.8) is 0 Å². The number of methoxy groups -OCH3 is 1. The van der Waals surface area contributed by atoms with E-state index in [1.807, 2.05) is 0 Å². The molecule has 2 aromatic rings. The minimum Gasteiger partial charge on any atom is -0.504 e. The molecule has 1 heterocycles. The van der Waals surface area contributed by atoms with Gasteiger partial charge in [-0.25, -0.2) is 4.98 Å². The fraction of sp³-hybridized carbons (Fsp3) is 0.182. The second-order valence-corrected chi connectivity index (χ2v) is 3.42. The van der Waals surface area contributed by atoms with Gasteiger partial charge in [0.1, 0.15) is 12.0 Å². The van der Waals surface area contributed by atoms with Gasteiger partial charge >= 0.3 is 12.1 Å². The maximum Gasteiger partial charge on any atom is 0.468 e. The summed E-state index contributed by atoms with van der Waals surface area (Å²) >= 11 is 0. The summed E-state index contributed by atoms with van der Waals surface area (Å²) < 4.78 is 46.0. The maximum atomic E-state index is 12.3. The second kappa shape index (κ2) is 4.25. The van der Waals surface area contributed by atoms with Gasteiger partial charge < -0.3 is 14.3 Å². The summed E-state index contributed by atoms with van der Waals surface area (Å²) in [7, 11) is 1.37. The van der Waals surface area contributed by atoms with E-state index in [0.717, 1.165) is 6.26 Å². The molecule has 1 N–H and O–H groups in total. The number of benzene rings is 1. The van der Waals surface area contributed by atoms with Crippen molar-refractivity contribution < 1.29 is 27.4 Å². The van der Waals surface area contributed by atoms with E-state index in [9.17, 15) is 18.3 Å². The highest BCUT2D eigenvalue weighted by Gasteiger charge is 2.37. The van der Waals surface area contributed by atoms with Crippen molar-refractivity contribution in [3.8, 4) is 22.8 Å². The molecule has 0 aliphatic rings. The molecule has 1 aromatic heterocycles. The molecule has 96 valence electrons. The molecule has 1 aromatic carbocycles. The van der Waals surface area contributed by atoms with Crippen LogP contribution >= 0.6 is 0 Å². The summed E-state index contributed by atoms with van der Waals surface area (Å²) in [6, 6.07) is 4.14. The highest BCUT2D eigenvalue weighted by atomic mass is 19.4. The van der Waals surface area contributed by atoms with Gasteiger partial charge in [-0.3, -0.25) is 0 Å². The lowest BCUT2D eigenvalue weighted by Crippen LogP contribution is -2.04.